The number of hydrogen-bond donors (Lipinski definition) is 0. The molecule has 0 amide bonds. The molecule has 122 valence electrons. The zero-order chi connectivity index (χ0) is 17.3. The highest BCUT2D eigenvalue weighted by Gasteiger charge is 2.24. The normalized spacial score (nSPS) is 15.4. The highest BCUT2D eigenvalue weighted by atomic mass is 127. The van der Waals surface area contributed by atoms with Gasteiger partial charge >= 0.3 is 5.97 Å². The second-order valence-corrected chi connectivity index (χ2v) is 7.47. The van der Waals surface area contributed by atoms with Crippen molar-refractivity contribution in [2.75, 3.05) is 19.0 Å². The third-order valence-electron chi connectivity index (χ3n) is 3.50. The van der Waals surface area contributed by atoms with Gasteiger partial charge in [-0.3, -0.25) is 0 Å². The first kappa shape index (κ1) is 17.2. The van der Waals surface area contributed by atoms with Gasteiger partial charge in [0.15, 0.2) is 5.70 Å². The third-order valence-corrected chi connectivity index (χ3v) is 5.84. The molecule has 4 nitrogen and oxygen atoms in total. The van der Waals surface area contributed by atoms with Crippen LogP contribution in [0, 0.1) is 3.57 Å². The molecular formula is C18H14BrIN2O2. The fourth-order valence-electron chi connectivity index (χ4n) is 2.19. The number of cyclic esters (lactones) is 1. The van der Waals surface area contributed by atoms with Crippen molar-refractivity contribution < 1.29 is 9.53 Å². The van der Waals surface area contributed by atoms with E-state index < -0.39 is 5.97 Å². The molecule has 0 N–H and O–H groups in total. The average molecular weight is 497 g/mol. The Balaban J connectivity index is 1.89. The van der Waals surface area contributed by atoms with Gasteiger partial charge in [0.1, 0.15) is 0 Å². The predicted molar refractivity (Wildman–Crippen MR) is 108 cm³/mol. The van der Waals surface area contributed by atoms with Crippen molar-refractivity contribution in [3.63, 3.8) is 0 Å². The van der Waals surface area contributed by atoms with Crippen molar-refractivity contribution >= 4 is 62.2 Å². The Labute approximate surface area is 162 Å². The molecule has 1 heterocycles. The lowest BCUT2D eigenvalue weighted by Crippen LogP contribution is -2.08. The van der Waals surface area contributed by atoms with Crippen molar-refractivity contribution in [3.8, 4) is 0 Å². The van der Waals surface area contributed by atoms with Crippen molar-refractivity contribution in [3.05, 3.63) is 67.3 Å². The Morgan fingerprint density at radius 1 is 1.17 bits per heavy atom. The summed E-state index contributed by atoms with van der Waals surface area (Å²) in [6.07, 6.45) is 1.73. The third kappa shape index (κ3) is 3.70. The molecule has 24 heavy (non-hydrogen) atoms. The van der Waals surface area contributed by atoms with Gasteiger partial charge in [0.05, 0.1) is 0 Å². The number of carbonyl (C=O) groups excluding carboxylic acids is 1. The average Bonchev–Trinajstić information content (AvgIpc) is 2.91. The van der Waals surface area contributed by atoms with Gasteiger partial charge in [-0.1, -0.05) is 12.1 Å². The smallest absolute Gasteiger partial charge is 0.363 e. The van der Waals surface area contributed by atoms with Crippen LogP contribution in [0.5, 0.6) is 0 Å². The zero-order valence-corrected chi connectivity index (χ0v) is 16.8. The van der Waals surface area contributed by atoms with Crippen LogP contribution in [0.3, 0.4) is 0 Å². The van der Waals surface area contributed by atoms with Gasteiger partial charge in [-0.05, 0) is 80.5 Å². The maximum absolute atomic E-state index is 12.1. The molecule has 0 spiro atoms. The Kier molecular flexibility index (Phi) is 5.05. The molecule has 0 aromatic heterocycles. The lowest BCUT2D eigenvalue weighted by molar-refractivity contribution is -0.129. The van der Waals surface area contributed by atoms with Crippen LogP contribution in [0.25, 0.3) is 6.08 Å². The topological polar surface area (TPSA) is 41.9 Å². The van der Waals surface area contributed by atoms with Crippen LogP contribution in [0.4, 0.5) is 5.69 Å². The summed E-state index contributed by atoms with van der Waals surface area (Å²) in [4.78, 5) is 18.4. The molecule has 0 radical (unpaired) electrons. The number of rotatable bonds is 3. The van der Waals surface area contributed by atoms with Crippen LogP contribution in [-0.4, -0.2) is 26.0 Å². The lowest BCUT2D eigenvalue weighted by Gasteiger charge is -2.11. The minimum absolute atomic E-state index is 0.303. The number of aliphatic imine (C=N–C) groups is 1. The summed E-state index contributed by atoms with van der Waals surface area (Å²) in [5, 5.41) is 0. The van der Waals surface area contributed by atoms with Gasteiger partial charge in [-0.15, -0.1) is 0 Å². The highest BCUT2D eigenvalue weighted by molar-refractivity contribution is 14.1. The van der Waals surface area contributed by atoms with E-state index in [0.29, 0.717) is 11.6 Å². The molecule has 0 aliphatic carbocycles. The molecular weight excluding hydrogens is 483 g/mol. The summed E-state index contributed by atoms with van der Waals surface area (Å²) in [6.45, 7) is 0. The summed E-state index contributed by atoms with van der Waals surface area (Å²) in [5.74, 6) is -0.107. The maximum atomic E-state index is 12.1. The zero-order valence-electron chi connectivity index (χ0n) is 13.1. The summed E-state index contributed by atoms with van der Waals surface area (Å²) < 4.78 is 7.32. The van der Waals surface area contributed by atoms with E-state index in [1.54, 1.807) is 6.08 Å². The monoisotopic (exact) mass is 496 g/mol. The molecule has 3 rings (SSSR count). The summed E-state index contributed by atoms with van der Waals surface area (Å²) in [5.41, 5.74) is 3.07. The summed E-state index contributed by atoms with van der Waals surface area (Å²) in [6, 6.07) is 13.6. The molecule has 1 aliphatic heterocycles. The molecule has 0 saturated heterocycles. The first-order chi connectivity index (χ1) is 11.4. The Bertz CT molecular complexity index is 858. The van der Waals surface area contributed by atoms with Gasteiger partial charge in [-0.25, -0.2) is 9.79 Å². The van der Waals surface area contributed by atoms with E-state index in [0.717, 1.165) is 24.9 Å². The van der Waals surface area contributed by atoms with E-state index in [1.807, 2.05) is 61.5 Å². The van der Waals surface area contributed by atoms with Gasteiger partial charge in [-0.2, -0.15) is 0 Å². The number of halogens is 2. The predicted octanol–water partition coefficient (Wildman–Crippen LogP) is 4.46. The van der Waals surface area contributed by atoms with Crippen LogP contribution in [0.15, 0.2) is 57.6 Å². The fraction of sp³-hybridized carbons (Fsp3) is 0.111. The van der Waals surface area contributed by atoms with E-state index in [-0.39, 0.29) is 0 Å². The van der Waals surface area contributed by atoms with E-state index >= 15 is 0 Å². The molecule has 0 unspecified atom stereocenters. The largest absolute Gasteiger partial charge is 0.402 e. The Morgan fingerprint density at radius 2 is 1.88 bits per heavy atom. The molecule has 0 atom stereocenters. The Morgan fingerprint density at radius 3 is 2.50 bits per heavy atom. The molecule has 2 aromatic rings. The van der Waals surface area contributed by atoms with Gasteiger partial charge in [0.25, 0.3) is 0 Å². The van der Waals surface area contributed by atoms with Crippen LogP contribution in [0.1, 0.15) is 11.1 Å². The van der Waals surface area contributed by atoms with Gasteiger partial charge < -0.3 is 9.64 Å². The summed E-state index contributed by atoms with van der Waals surface area (Å²) in [7, 11) is 3.97. The first-order valence-electron chi connectivity index (χ1n) is 7.19. The van der Waals surface area contributed by atoms with Crippen LogP contribution in [0.2, 0.25) is 0 Å². The van der Waals surface area contributed by atoms with E-state index in [2.05, 4.69) is 43.5 Å². The molecule has 6 heteroatoms. The van der Waals surface area contributed by atoms with E-state index in [1.165, 1.54) is 0 Å². The van der Waals surface area contributed by atoms with E-state index in [4.69, 9.17) is 4.74 Å². The maximum Gasteiger partial charge on any atom is 0.363 e. The van der Waals surface area contributed by atoms with Crippen LogP contribution in [-0.2, 0) is 9.53 Å². The number of esters is 1. The standard InChI is InChI=1S/C18H14BrIN2O2/c1-22(2)13-6-3-11(4-7-13)9-16-18(23)24-17(21-16)12-5-8-15(20)14(19)10-12/h3-10H,1-2H3/b16-9-. The molecule has 0 fully saturated rings. The SMILES string of the molecule is CN(C)c1ccc(/C=C2\N=C(c3ccc(I)c(Br)c3)OC2=O)cc1. The quantitative estimate of drug-likeness (QED) is 0.358. The van der Waals surface area contributed by atoms with Gasteiger partial charge in [0, 0.05) is 33.4 Å². The second-order valence-electron chi connectivity index (χ2n) is 5.45. The number of anilines is 1. The van der Waals surface area contributed by atoms with Crippen LogP contribution < -0.4 is 4.90 Å². The second kappa shape index (κ2) is 7.06. The molecule has 0 saturated carbocycles. The fourth-order valence-corrected chi connectivity index (χ4v) is 2.90. The van der Waals surface area contributed by atoms with Crippen molar-refractivity contribution in [2.24, 2.45) is 4.99 Å². The minimum Gasteiger partial charge on any atom is -0.402 e. The number of carbonyl (C=O) groups is 1. The number of hydrogen-bond acceptors (Lipinski definition) is 4. The first-order valence-corrected chi connectivity index (χ1v) is 9.06. The highest BCUT2D eigenvalue weighted by Crippen LogP contribution is 2.24. The molecule has 2 aromatic carbocycles. The number of nitrogens with zero attached hydrogens (tertiary/aromatic N) is 2. The van der Waals surface area contributed by atoms with Crippen molar-refractivity contribution in [1.29, 1.82) is 0 Å². The summed E-state index contributed by atoms with van der Waals surface area (Å²) >= 11 is 5.70. The molecule has 1 aliphatic rings. The lowest BCUT2D eigenvalue weighted by atomic mass is 10.1. The minimum atomic E-state index is -0.434. The Hall–Kier alpha value is -1.67. The van der Waals surface area contributed by atoms with E-state index in [9.17, 15) is 4.79 Å². The molecule has 0 bridgehead atoms. The number of benzene rings is 2. The van der Waals surface area contributed by atoms with Crippen molar-refractivity contribution in [2.45, 2.75) is 0 Å². The number of ether oxygens (including phenoxy) is 1. The van der Waals surface area contributed by atoms with Gasteiger partial charge in [0.2, 0.25) is 5.90 Å². The van der Waals surface area contributed by atoms with Crippen molar-refractivity contribution in [1.82, 2.24) is 0 Å². The van der Waals surface area contributed by atoms with Crippen LogP contribution >= 0.6 is 38.5 Å².